The summed E-state index contributed by atoms with van der Waals surface area (Å²) in [6, 6.07) is 29.0. The summed E-state index contributed by atoms with van der Waals surface area (Å²) in [4.78, 5) is 65.6. The molecule has 45 heteroatoms. The van der Waals surface area contributed by atoms with E-state index >= 15 is 0 Å². The van der Waals surface area contributed by atoms with Crippen molar-refractivity contribution in [1.82, 2.24) is 54.8 Å². The van der Waals surface area contributed by atoms with Crippen LogP contribution in [0.1, 0.15) is 73.7 Å². The number of H-pyrrole nitrogens is 2. The van der Waals surface area contributed by atoms with E-state index in [0.717, 1.165) is 99.1 Å². The number of nitrogens with zero attached hydrogens (tertiary/aromatic N) is 9. The fourth-order valence-electron chi connectivity index (χ4n) is 7.88. The number of rotatable bonds is 15. The molecule has 13 rings (SSSR count). The number of pyridine rings is 5. The second-order valence-electron chi connectivity index (χ2n) is 21.3. The number of carbonyl (C=O) groups excluding carboxylic acids is 1. The summed E-state index contributed by atoms with van der Waals surface area (Å²) in [5.74, 6) is 1.69. The molecule has 0 radical (unpaired) electrons. The monoisotopic (exact) mass is 2130 g/mol. The number of aliphatic hydroxyl groups is 1. The van der Waals surface area contributed by atoms with Crippen LogP contribution < -0.4 is 10.2 Å². The summed E-state index contributed by atoms with van der Waals surface area (Å²) in [7, 11) is 1.34. The number of alkyl halides is 16. The highest BCUT2D eigenvalue weighted by Gasteiger charge is 2.35. The van der Waals surface area contributed by atoms with Crippen molar-refractivity contribution in [2.45, 2.75) is 79.2 Å². The molecule has 0 spiro atoms. The van der Waals surface area contributed by atoms with E-state index < -0.39 is 64.8 Å². The quantitative estimate of drug-likeness (QED) is 0.0286. The fourth-order valence-corrected chi connectivity index (χ4v) is 16.7. The first kappa shape index (κ1) is 96.2. The zero-order valence-electron chi connectivity index (χ0n) is 57.1. The van der Waals surface area contributed by atoms with Crippen LogP contribution in [0.15, 0.2) is 213 Å². The summed E-state index contributed by atoms with van der Waals surface area (Å²) in [5, 5.41) is 10.2. The molecule has 3 N–H and O–H groups in total. The molecule has 0 aliphatic heterocycles. The number of thiazole rings is 6. The van der Waals surface area contributed by atoms with E-state index in [1.807, 2.05) is 65.8 Å². The standard InChI is InChI=1S/C22H15F3N2OS2.2C11H8BrF3N2S.C6H4F3NO.C6H4F3NS.C5H4BrNO2S.C4H3Br2NS.C4H4BrNOS/c23-22(24,25)20-12-18(10-11-26-20)29-14-19-13-27-21(30-19)15-6-8-17(9-7-15)28-16-4-2-1-3-5-16;2*12-10-17-6-8(18-10)2-1-7-3-4-16-9(5-7)11(13,14)15;2*7-6(8,9)5-3-4(11)1-2-10-5;1-9-4(8)3-2-7-5(6)10-3;5-1-3-2-7-4(6)8-3;5-4-6-1-3(2-7)8-4/h1-13H,14H2;2*3-6H,1-2H2;2*1-3H,(H,10,11);2H,1H3;2H,1H2;1,7H,2H2. The first-order chi connectivity index (χ1) is 53.8. The number of hydrogen-bond acceptors (Lipinski definition) is 22. The number of methoxy groups -OCH3 is 1. The van der Waals surface area contributed by atoms with Crippen molar-refractivity contribution in [3.05, 3.63) is 287 Å². The molecular formula is C69H50Br6F15N11O5S8. The minimum absolute atomic E-state index is 0.0866. The van der Waals surface area contributed by atoms with Gasteiger partial charge in [-0.3, -0.25) is 19.7 Å². The van der Waals surface area contributed by atoms with E-state index in [1.165, 1.54) is 117 Å². The molecule has 0 saturated carbocycles. The van der Waals surface area contributed by atoms with Crippen molar-refractivity contribution in [1.29, 1.82) is 0 Å². The van der Waals surface area contributed by atoms with Crippen molar-refractivity contribution >= 4 is 194 Å². The molecule has 0 atom stereocenters. The lowest BCUT2D eigenvalue weighted by atomic mass is 10.1. The average molecular weight is 2130 g/mol. The zero-order chi connectivity index (χ0) is 83.8. The second kappa shape index (κ2) is 47.1. The van der Waals surface area contributed by atoms with Crippen LogP contribution in [0.3, 0.4) is 0 Å². The van der Waals surface area contributed by atoms with Crippen LogP contribution in [-0.4, -0.2) is 73.0 Å². The van der Waals surface area contributed by atoms with Gasteiger partial charge in [0.15, 0.2) is 25.0 Å². The Kier molecular flexibility index (Phi) is 39.8. The predicted molar refractivity (Wildman–Crippen MR) is 434 cm³/mol. The lowest BCUT2D eigenvalue weighted by Gasteiger charge is -2.07. The number of para-hydroxylation sites is 1. The summed E-state index contributed by atoms with van der Waals surface area (Å²) < 4.78 is 199. The molecule has 0 aliphatic carbocycles. The average Bonchev–Trinajstić information content (AvgIpc) is 1.32. The molecule has 114 heavy (non-hydrogen) atoms. The third kappa shape index (κ3) is 36.1. The number of nitrogens with one attached hydrogen (secondary N) is 2. The number of aromatic amines is 2. The molecule has 11 heterocycles. The third-order valence-electron chi connectivity index (χ3n) is 13.0. The maximum Gasteiger partial charge on any atom is 0.433 e. The van der Waals surface area contributed by atoms with Crippen molar-refractivity contribution in [3.63, 3.8) is 0 Å². The molecule has 13 aromatic rings. The molecule has 0 saturated heterocycles. The number of thioether (sulfide) groups is 1. The number of benzene rings is 2. The van der Waals surface area contributed by atoms with Gasteiger partial charge >= 0.3 is 36.9 Å². The Hall–Kier alpha value is -6.60. The Morgan fingerprint density at radius 2 is 0.912 bits per heavy atom. The van der Waals surface area contributed by atoms with Gasteiger partial charge in [0.1, 0.15) is 49.9 Å². The molecule has 16 nitrogen and oxygen atoms in total. The maximum absolute atomic E-state index is 12.8. The van der Waals surface area contributed by atoms with Gasteiger partial charge in [-0.25, -0.2) is 34.7 Å². The molecule has 0 bridgehead atoms. The van der Waals surface area contributed by atoms with Gasteiger partial charge in [0.2, 0.25) is 0 Å². The molecule has 0 unspecified atom stereocenters. The molecule has 11 aromatic heterocycles. The predicted octanol–water partition coefficient (Wildman–Crippen LogP) is 25.6. The molecule has 0 aliphatic rings. The Bertz CT molecular complexity index is 5000. The second-order valence-corrected chi connectivity index (χ2v) is 36.3. The number of aryl methyl sites for hydroxylation is 4. The van der Waals surface area contributed by atoms with Gasteiger partial charge < -0.3 is 24.5 Å². The van der Waals surface area contributed by atoms with Gasteiger partial charge in [0, 0.05) is 120 Å². The van der Waals surface area contributed by atoms with Gasteiger partial charge in [-0.05, 0) is 201 Å². The molecule has 2 aromatic carbocycles. The van der Waals surface area contributed by atoms with Crippen LogP contribution in [0.25, 0.3) is 10.6 Å². The lowest BCUT2D eigenvalue weighted by Crippen LogP contribution is -2.11. The maximum atomic E-state index is 12.8. The van der Waals surface area contributed by atoms with E-state index in [-0.39, 0.29) is 17.1 Å². The highest BCUT2D eigenvalue weighted by Crippen LogP contribution is 2.36. The number of aliphatic hydroxyl groups excluding tert-OH is 1. The van der Waals surface area contributed by atoms with Crippen molar-refractivity contribution in [2.24, 2.45) is 0 Å². The minimum Gasteiger partial charge on any atom is -0.465 e. The summed E-state index contributed by atoms with van der Waals surface area (Å²) >= 11 is 34.1. The first-order valence-corrected chi connectivity index (χ1v) is 42.4. The van der Waals surface area contributed by atoms with Crippen LogP contribution >= 0.6 is 188 Å². The Morgan fingerprint density at radius 3 is 1.31 bits per heavy atom. The fraction of sp³-hybridized carbons (Fsp3) is 0.188. The van der Waals surface area contributed by atoms with E-state index in [2.05, 4.69) is 162 Å². The number of ether oxygens (including phenoxy) is 2. The van der Waals surface area contributed by atoms with E-state index in [1.54, 1.807) is 54.3 Å². The SMILES string of the molecule is BrCc1cnc(Br)s1.COC(=O)c1cnc(Br)s1.FC(F)(F)c1cc(=S)cc[nH]1.FC(F)(F)c1cc(CCc2cnc(Br)s2)ccn1.FC(F)(F)c1cc(CCc2cnc(Br)s2)ccn1.FC(F)(F)c1cc(SCc2cnc(-c3ccc(Oc4ccccc4)cc3)s2)ccn1.O=c1cc[nH]c(C(F)(F)F)c1.OCc1cnc(Br)s1. The number of carbonyl (C=O) groups is 1. The zero-order valence-corrected chi connectivity index (χ0v) is 73.1. The third-order valence-corrected chi connectivity index (χ3v) is 24.0. The van der Waals surface area contributed by atoms with Gasteiger partial charge in [-0.2, -0.15) is 65.9 Å². The van der Waals surface area contributed by atoms with Crippen LogP contribution in [-0.2, 0) is 79.0 Å². The van der Waals surface area contributed by atoms with Crippen molar-refractivity contribution in [3.8, 4) is 22.1 Å². The smallest absolute Gasteiger partial charge is 0.433 e. The van der Waals surface area contributed by atoms with Gasteiger partial charge in [0.05, 0.1) is 24.8 Å². The van der Waals surface area contributed by atoms with Gasteiger partial charge in [-0.15, -0.1) is 79.8 Å². The van der Waals surface area contributed by atoms with Crippen LogP contribution in [0.4, 0.5) is 65.9 Å². The Morgan fingerprint density at radius 1 is 0.474 bits per heavy atom. The van der Waals surface area contributed by atoms with E-state index in [4.69, 9.17) is 9.84 Å². The van der Waals surface area contributed by atoms with E-state index in [9.17, 15) is 75.4 Å². The highest BCUT2D eigenvalue weighted by molar-refractivity contribution is 9.11. The van der Waals surface area contributed by atoms with Gasteiger partial charge in [0.25, 0.3) is 0 Å². The van der Waals surface area contributed by atoms with Crippen molar-refractivity contribution < 1.29 is 85.2 Å². The van der Waals surface area contributed by atoms with Crippen LogP contribution in [0, 0.1) is 4.51 Å². The minimum atomic E-state index is -4.47. The van der Waals surface area contributed by atoms with Crippen LogP contribution in [0.5, 0.6) is 11.5 Å². The molecular weight excluding hydrogens is 2080 g/mol. The normalized spacial score (nSPS) is 11.1. The van der Waals surface area contributed by atoms with Gasteiger partial charge in [-0.1, -0.05) is 46.3 Å². The number of hydrogen-bond donors (Lipinski definition) is 3. The topological polar surface area (TPSA) is 220 Å². The number of aromatic nitrogens is 11. The molecule has 0 fully saturated rings. The Balaban J connectivity index is 0.000000212. The lowest BCUT2D eigenvalue weighted by molar-refractivity contribution is -0.142. The Labute approximate surface area is 721 Å². The summed E-state index contributed by atoms with van der Waals surface area (Å²) in [6.07, 6.45) is -3.71. The highest BCUT2D eigenvalue weighted by atomic mass is 79.9. The molecule has 606 valence electrons. The largest absolute Gasteiger partial charge is 0.465 e. The summed E-state index contributed by atoms with van der Waals surface area (Å²) in [5.41, 5.74) is -2.85. The molecule has 0 amide bonds. The van der Waals surface area contributed by atoms with Crippen LogP contribution in [0.2, 0.25) is 0 Å². The van der Waals surface area contributed by atoms with Crippen molar-refractivity contribution in [2.75, 3.05) is 7.11 Å². The first-order valence-electron chi connectivity index (χ1n) is 31.0. The van der Waals surface area contributed by atoms with E-state index in [0.29, 0.717) is 62.3 Å². The number of esters is 1. The summed E-state index contributed by atoms with van der Waals surface area (Å²) in [6.45, 7) is 0.0866. The number of halogens is 21.